The highest BCUT2D eigenvalue weighted by Gasteiger charge is 2.26. The van der Waals surface area contributed by atoms with Crippen LogP contribution in [0.2, 0.25) is 0 Å². The minimum Gasteiger partial charge on any atom is -0.310 e. The van der Waals surface area contributed by atoms with Crippen molar-refractivity contribution in [3.05, 3.63) is 42.1 Å². The third-order valence-corrected chi connectivity index (χ3v) is 6.56. The Hall–Kier alpha value is -2.68. The molecule has 1 atom stereocenters. The van der Waals surface area contributed by atoms with E-state index in [1.807, 2.05) is 48.0 Å². The molecule has 1 fully saturated rings. The maximum Gasteiger partial charge on any atom is 0.238 e. The maximum atomic E-state index is 13.1. The molecular formula is C22H29N7OS. The average Bonchev–Trinajstić information content (AvgIpc) is 3.48. The summed E-state index contributed by atoms with van der Waals surface area (Å²) in [6.07, 6.45) is 4.57. The van der Waals surface area contributed by atoms with Crippen LogP contribution in [0.4, 0.5) is 5.82 Å². The van der Waals surface area contributed by atoms with E-state index < -0.39 is 0 Å². The highest BCUT2D eigenvalue weighted by Crippen LogP contribution is 2.33. The van der Waals surface area contributed by atoms with Crippen LogP contribution in [0, 0.1) is 0 Å². The van der Waals surface area contributed by atoms with E-state index in [9.17, 15) is 4.79 Å². The van der Waals surface area contributed by atoms with E-state index >= 15 is 0 Å². The molecule has 0 radical (unpaired) electrons. The van der Waals surface area contributed by atoms with Crippen LogP contribution in [0.1, 0.15) is 65.1 Å². The molecule has 1 aliphatic carbocycles. The number of tetrazole rings is 1. The Morgan fingerprint density at radius 3 is 2.58 bits per heavy atom. The molecule has 0 unspecified atom stereocenters. The Bertz CT molecular complexity index is 1030. The maximum absolute atomic E-state index is 13.1. The van der Waals surface area contributed by atoms with Gasteiger partial charge in [0.15, 0.2) is 0 Å². The number of anilines is 1. The molecule has 9 heteroatoms. The Morgan fingerprint density at radius 2 is 1.90 bits per heavy atom. The first kappa shape index (κ1) is 21.5. The second kappa shape index (κ2) is 8.82. The van der Waals surface area contributed by atoms with Crippen LogP contribution in [0.15, 0.2) is 41.6 Å². The predicted octanol–water partition coefficient (Wildman–Crippen LogP) is 4.39. The number of rotatable bonds is 6. The molecule has 1 aliphatic rings. The van der Waals surface area contributed by atoms with E-state index in [4.69, 9.17) is 5.10 Å². The van der Waals surface area contributed by atoms with Gasteiger partial charge in [-0.15, -0.1) is 5.10 Å². The van der Waals surface area contributed by atoms with Crippen LogP contribution in [0.25, 0.3) is 5.69 Å². The summed E-state index contributed by atoms with van der Waals surface area (Å²) in [4.78, 5) is 13.1. The SMILES string of the molecule is C[C@@H](Sc1nnnn1C1CCCC1)C(=O)Nc1cc(C(C)(C)C)nn1-c1ccccc1. The number of benzene rings is 1. The highest BCUT2D eigenvalue weighted by atomic mass is 32.2. The summed E-state index contributed by atoms with van der Waals surface area (Å²) in [5.41, 5.74) is 1.68. The molecule has 1 aromatic carbocycles. The summed E-state index contributed by atoms with van der Waals surface area (Å²) in [7, 11) is 0. The number of carbonyl (C=O) groups excluding carboxylic acids is 1. The van der Waals surface area contributed by atoms with Crippen LogP contribution in [0.5, 0.6) is 0 Å². The van der Waals surface area contributed by atoms with Gasteiger partial charge in [-0.25, -0.2) is 9.36 Å². The van der Waals surface area contributed by atoms with Crippen LogP contribution in [0.3, 0.4) is 0 Å². The van der Waals surface area contributed by atoms with Crippen molar-refractivity contribution in [2.75, 3.05) is 5.32 Å². The number of nitrogens with zero attached hydrogens (tertiary/aromatic N) is 6. The second-order valence-corrected chi connectivity index (χ2v) is 10.3. The van der Waals surface area contributed by atoms with Gasteiger partial charge < -0.3 is 5.32 Å². The van der Waals surface area contributed by atoms with Gasteiger partial charge in [-0.2, -0.15) is 5.10 Å². The first-order valence-corrected chi connectivity index (χ1v) is 11.6. The van der Waals surface area contributed by atoms with E-state index in [1.165, 1.54) is 24.6 Å². The number of amides is 1. The smallest absolute Gasteiger partial charge is 0.238 e. The molecule has 1 amide bonds. The van der Waals surface area contributed by atoms with Gasteiger partial charge in [0.25, 0.3) is 0 Å². The van der Waals surface area contributed by atoms with Crippen molar-refractivity contribution in [2.45, 2.75) is 75.2 Å². The van der Waals surface area contributed by atoms with Gasteiger partial charge in [0, 0.05) is 11.5 Å². The van der Waals surface area contributed by atoms with E-state index in [-0.39, 0.29) is 16.6 Å². The first-order chi connectivity index (χ1) is 14.8. The second-order valence-electron chi connectivity index (χ2n) is 9.01. The third-order valence-electron chi connectivity index (χ3n) is 5.51. The quantitative estimate of drug-likeness (QED) is 0.573. The fourth-order valence-corrected chi connectivity index (χ4v) is 4.54. The Morgan fingerprint density at radius 1 is 1.19 bits per heavy atom. The largest absolute Gasteiger partial charge is 0.310 e. The highest BCUT2D eigenvalue weighted by molar-refractivity contribution is 8.00. The summed E-state index contributed by atoms with van der Waals surface area (Å²) in [5, 5.41) is 20.3. The number of thioether (sulfide) groups is 1. The Labute approximate surface area is 186 Å². The molecule has 0 bridgehead atoms. The third kappa shape index (κ3) is 4.81. The summed E-state index contributed by atoms with van der Waals surface area (Å²) in [6, 6.07) is 12.1. The molecule has 0 aliphatic heterocycles. The topological polar surface area (TPSA) is 90.5 Å². The van der Waals surface area contributed by atoms with Crippen molar-refractivity contribution < 1.29 is 4.79 Å². The predicted molar refractivity (Wildman–Crippen MR) is 122 cm³/mol. The molecule has 164 valence electrons. The van der Waals surface area contributed by atoms with Gasteiger partial charge in [0.1, 0.15) is 5.82 Å². The Balaban J connectivity index is 1.53. The molecule has 1 saturated carbocycles. The number of aromatic nitrogens is 6. The fourth-order valence-electron chi connectivity index (χ4n) is 3.68. The van der Waals surface area contributed by atoms with E-state index in [0.29, 0.717) is 17.0 Å². The van der Waals surface area contributed by atoms with Crippen molar-refractivity contribution in [1.29, 1.82) is 0 Å². The summed E-state index contributed by atoms with van der Waals surface area (Å²) < 4.78 is 3.67. The van der Waals surface area contributed by atoms with Gasteiger partial charge in [0.05, 0.1) is 22.7 Å². The number of para-hydroxylation sites is 1. The lowest BCUT2D eigenvalue weighted by atomic mass is 9.92. The molecule has 4 rings (SSSR count). The lowest BCUT2D eigenvalue weighted by Crippen LogP contribution is -2.24. The van der Waals surface area contributed by atoms with Crippen LogP contribution in [-0.2, 0) is 10.2 Å². The van der Waals surface area contributed by atoms with Crippen molar-refractivity contribution in [1.82, 2.24) is 30.0 Å². The number of carbonyl (C=O) groups is 1. The molecule has 2 aromatic heterocycles. The summed E-state index contributed by atoms with van der Waals surface area (Å²) in [5.74, 6) is 0.549. The molecule has 8 nitrogen and oxygen atoms in total. The fraction of sp³-hybridized carbons (Fsp3) is 0.500. The lowest BCUT2D eigenvalue weighted by molar-refractivity contribution is -0.115. The molecule has 31 heavy (non-hydrogen) atoms. The molecule has 0 spiro atoms. The van der Waals surface area contributed by atoms with E-state index in [0.717, 1.165) is 24.2 Å². The van der Waals surface area contributed by atoms with Crippen molar-refractivity contribution in [2.24, 2.45) is 0 Å². The zero-order valence-corrected chi connectivity index (χ0v) is 19.3. The van der Waals surface area contributed by atoms with Gasteiger partial charge in [-0.05, 0) is 42.3 Å². The van der Waals surface area contributed by atoms with E-state index in [1.54, 1.807) is 4.68 Å². The number of nitrogens with one attached hydrogen (secondary N) is 1. The van der Waals surface area contributed by atoms with Crippen molar-refractivity contribution in [3.8, 4) is 5.69 Å². The first-order valence-electron chi connectivity index (χ1n) is 10.7. The minimum atomic E-state index is -0.358. The Kier molecular flexibility index (Phi) is 6.13. The number of hydrogen-bond acceptors (Lipinski definition) is 6. The molecule has 2 heterocycles. The normalized spacial score (nSPS) is 15.9. The van der Waals surface area contributed by atoms with Crippen molar-refractivity contribution >= 4 is 23.5 Å². The standard InChI is InChI=1S/C22H29N7OS/c1-15(31-21-24-26-27-29(21)17-12-8-9-13-17)20(30)23-19-14-18(22(2,3)4)25-28(19)16-10-6-5-7-11-16/h5-7,10-11,14-15,17H,8-9,12-13H2,1-4H3,(H,23,30)/t15-/m1/s1. The minimum absolute atomic E-state index is 0.108. The van der Waals surface area contributed by atoms with Crippen LogP contribution < -0.4 is 5.32 Å². The molecule has 3 aromatic rings. The summed E-state index contributed by atoms with van der Waals surface area (Å²) >= 11 is 1.39. The van der Waals surface area contributed by atoms with Gasteiger partial charge in [-0.1, -0.05) is 63.6 Å². The average molecular weight is 440 g/mol. The van der Waals surface area contributed by atoms with Gasteiger partial charge in [-0.3, -0.25) is 4.79 Å². The summed E-state index contributed by atoms with van der Waals surface area (Å²) in [6.45, 7) is 8.20. The molecular weight excluding hydrogens is 410 g/mol. The van der Waals surface area contributed by atoms with Crippen LogP contribution >= 0.6 is 11.8 Å². The lowest BCUT2D eigenvalue weighted by Gasteiger charge is -2.15. The zero-order chi connectivity index (χ0) is 22.0. The van der Waals surface area contributed by atoms with Crippen molar-refractivity contribution in [3.63, 3.8) is 0 Å². The molecule has 0 saturated heterocycles. The molecule has 1 N–H and O–H groups in total. The monoisotopic (exact) mass is 439 g/mol. The zero-order valence-electron chi connectivity index (χ0n) is 18.4. The van der Waals surface area contributed by atoms with E-state index in [2.05, 4.69) is 41.6 Å². The van der Waals surface area contributed by atoms with Gasteiger partial charge in [0.2, 0.25) is 11.1 Å². The van der Waals surface area contributed by atoms with Gasteiger partial charge >= 0.3 is 0 Å². The number of hydrogen-bond donors (Lipinski definition) is 1. The van der Waals surface area contributed by atoms with Crippen LogP contribution in [-0.4, -0.2) is 41.1 Å².